The van der Waals surface area contributed by atoms with Crippen molar-refractivity contribution in [2.75, 3.05) is 12.3 Å². The summed E-state index contributed by atoms with van der Waals surface area (Å²) in [6.07, 6.45) is 2.88. The van der Waals surface area contributed by atoms with Crippen molar-refractivity contribution in [3.63, 3.8) is 0 Å². The van der Waals surface area contributed by atoms with Crippen LogP contribution in [0.4, 0.5) is 5.82 Å². The highest BCUT2D eigenvalue weighted by Gasteiger charge is 2.38. The number of rotatable bonds is 9. The first kappa shape index (κ1) is 22.3. The van der Waals surface area contributed by atoms with Gasteiger partial charge in [-0.25, -0.2) is 29.6 Å². The number of ether oxygens (including phenoxy) is 1. The first-order valence-electron chi connectivity index (χ1n) is 9.45. The van der Waals surface area contributed by atoms with Crippen LogP contribution in [0.2, 0.25) is 0 Å². The van der Waals surface area contributed by atoms with Gasteiger partial charge in [0.2, 0.25) is 0 Å². The summed E-state index contributed by atoms with van der Waals surface area (Å²) >= 11 is 0. The SMILES string of the molecule is Nc1ncnc2c1ncn2[C@H]1C[C@H](O)[C@@H](COP(=O)(O)N[C@H](Cc2cnc[nH]2)C(=O)O)O1. The summed E-state index contributed by atoms with van der Waals surface area (Å²) in [5, 5.41) is 21.8. The van der Waals surface area contributed by atoms with Crippen LogP contribution in [-0.2, 0) is 25.0 Å². The van der Waals surface area contributed by atoms with E-state index in [4.69, 9.17) is 15.0 Å². The molecule has 5 atom stereocenters. The molecule has 0 aliphatic carbocycles. The van der Waals surface area contributed by atoms with Crippen molar-refractivity contribution in [3.8, 4) is 0 Å². The smallest absolute Gasteiger partial charge is 0.403 e. The molecule has 1 aliphatic rings. The van der Waals surface area contributed by atoms with Crippen molar-refractivity contribution >= 4 is 30.7 Å². The minimum absolute atomic E-state index is 0.118. The second kappa shape index (κ2) is 8.90. The highest BCUT2D eigenvalue weighted by Crippen LogP contribution is 2.40. The molecule has 4 rings (SSSR count). The van der Waals surface area contributed by atoms with Gasteiger partial charge < -0.3 is 30.6 Å². The fourth-order valence-corrected chi connectivity index (χ4v) is 4.35. The number of aliphatic carboxylic acids is 1. The molecule has 0 bridgehead atoms. The van der Waals surface area contributed by atoms with Gasteiger partial charge in [-0.2, -0.15) is 0 Å². The zero-order valence-corrected chi connectivity index (χ0v) is 17.4. The number of H-pyrrole nitrogens is 1. The number of hydrogen-bond donors (Lipinski definition) is 6. The average molecular weight is 468 g/mol. The van der Waals surface area contributed by atoms with E-state index in [1.807, 2.05) is 0 Å². The van der Waals surface area contributed by atoms with E-state index in [0.29, 0.717) is 16.9 Å². The van der Waals surface area contributed by atoms with Crippen LogP contribution in [0.15, 0.2) is 25.2 Å². The molecular weight excluding hydrogens is 447 g/mol. The zero-order chi connectivity index (χ0) is 22.9. The van der Waals surface area contributed by atoms with Crippen molar-refractivity contribution in [3.05, 3.63) is 30.9 Å². The highest BCUT2D eigenvalue weighted by molar-refractivity contribution is 7.50. The molecule has 16 heteroatoms. The zero-order valence-electron chi connectivity index (χ0n) is 16.5. The summed E-state index contributed by atoms with van der Waals surface area (Å²) in [7, 11) is -4.54. The number of nitrogens with zero attached hydrogens (tertiary/aromatic N) is 5. The van der Waals surface area contributed by atoms with E-state index in [-0.39, 0.29) is 18.7 Å². The predicted octanol–water partition coefficient (Wildman–Crippen LogP) is -0.817. The Kier molecular flexibility index (Phi) is 6.19. The predicted molar refractivity (Wildman–Crippen MR) is 107 cm³/mol. The van der Waals surface area contributed by atoms with Gasteiger partial charge in [0.25, 0.3) is 0 Å². The minimum Gasteiger partial charge on any atom is -0.480 e. The van der Waals surface area contributed by atoms with Crippen molar-refractivity contribution < 1.29 is 33.7 Å². The number of aromatic nitrogens is 6. The number of carboxylic acid groups (broad SMARTS) is 1. The average Bonchev–Trinajstić information content (AvgIpc) is 3.46. The Morgan fingerprint density at radius 1 is 1.47 bits per heavy atom. The molecule has 1 fully saturated rings. The Labute approximate surface area is 180 Å². The van der Waals surface area contributed by atoms with Gasteiger partial charge >= 0.3 is 13.7 Å². The largest absolute Gasteiger partial charge is 0.480 e. The van der Waals surface area contributed by atoms with Crippen molar-refractivity contribution in [1.82, 2.24) is 34.6 Å². The molecule has 0 spiro atoms. The van der Waals surface area contributed by atoms with Crippen molar-refractivity contribution in [1.29, 1.82) is 0 Å². The van der Waals surface area contributed by atoms with Crippen LogP contribution in [0.5, 0.6) is 0 Å². The van der Waals surface area contributed by atoms with Crippen LogP contribution < -0.4 is 10.8 Å². The molecular formula is C16H21N8O7P. The molecule has 0 amide bonds. The summed E-state index contributed by atoms with van der Waals surface area (Å²) in [6, 6.07) is -1.41. The van der Waals surface area contributed by atoms with E-state index >= 15 is 0 Å². The molecule has 172 valence electrons. The topological polar surface area (TPSA) is 224 Å². The molecule has 3 aromatic rings. The molecule has 15 nitrogen and oxygen atoms in total. The third-order valence-electron chi connectivity index (χ3n) is 4.91. The van der Waals surface area contributed by atoms with Gasteiger partial charge in [-0.05, 0) is 0 Å². The molecule has 32 heavy (non-hydrogen) atoms. The van der Waals surface area contributed by atoms with Gasteiger partial charge in [0.05, 0.1) is 25.4 Å². The second-order valence-corrected chi connectivity index (χ2v) is 8.69. The lowest BCUT2D eigenvalue weighted by atomic mass is 10.2. The molecule has 0 radical (unpaired) electrons. The molecule has 0 saturated carbocycles. The second-order valence-electron chi connectivity index (χ2n) is 7.13. The van der Waals surface area contributed by atoms with E-state index in [1.54, 1.807) is 4.57 Å². The Bertz CT molecular complexity index is 1140. The van der Waals surface area contributed by atoms with E-state index in [9.17, 15) is 24.5 Å². The lowest BCUT2D eigenvalue weighted by Crippen LogP contribution is -2.37. The third-order valence-corrected chi connectivity index (χ3v) is 6.05. The monoisotopic (exact) mass is 468 g/mol. The first-order valence-corrected chi connectivity index (χ1v) is 11.0. The number of carbonyl (C=O) groups is 1. The lowest BCUT2D eigenvalue weighted by molar-refractivity contribution is -0.139. The van der Waals surface area contributed by atoms with Gasteiger partial charge in [-0.1, -0.05) is 0 Å². The number of carboxylic acids is 1. The number of anilines is 1. The van der Waals surface area contributed by atoms with Gasteiger partial charge in [-0.15, -0.1) is 0 Å². The number of imidazole rings is 2. The van der Waals surface area contributed by atoms with Gasteiger partial charge in [0.1, 0.15) is 30.2 Å². The van der Waals surface area contributed by atoms with E-state index in [0.717, 1.165) is 0 Å². The Hall–Kier alpha value is -2.94. The maximum Gasteiger partial charge on any atom is 0.403 e. The molecule has 7 N–H and O–H groups in total. The number of aliphatic hydroxyl groups is 1. The lowest BCUT2D eigenvalue weighted by Gasteiger charge is -2.21. The van der Waals surface area contributed by atoms with E-state index in [2.05, 4.69) is 30.0 Å². The minimum atomic E-state index is -4.54. The number of nitrogen functional groups attached to an aromatic ring is 1. The van der Waals surface area contributed by atoms with Crippen LogP contribution in [0.3, 0.4) is 0 Å². The maximum atomic E-state index is 12.4. The highest BCUT2D eigenvalue weighted by atomic mass is 31.2. The molecule has 1 aliphatic heterocycles. The number of nitrogens with two attached hydrogens (primary N) is 1. The summed E-state index contributed by atoms with van der Waals surface area (Å²) in [6.45, 7) is -0.460. The third kappa shape index (κ3) is 4.77. The number of nitrogens with one attached hydrogen (secondary N) is 2. The molecule has 1 unspecified atom stereocenters. The fourth-order valence-electron chi connectivity index (χ4n) is 3.33. The quantitative estimate of drug-likeness (QED) is 0.211. The number of fused-ring (bicyclic) bond motifs is 1. The van der Waals surface area contributed by atoms with Crippen LogP contribution in [0, 0.1) is 0 Å². The molecule has 1 saturated heterocycles. The van der Waals surface area contributed by atoms with E-state index < -0.39 is 44.8 Å². The Morgan fingerprint density at radius 2 is 2.28 bits per heavy atom. The van der Waals surface area contributed by atoms with Crippen LogP contribution in [0.1, 0.15) is 18.3 Å². The van der Waals surface area contributed by atoms with Crippen molar-refractivity contribution in [2.24, 2.45) is 0 Å². The van der Waals surface area contributed by atoms with Gasteiger partial charge in [-0.3, -0.25) is 13.9 Å². The number of aromatic amines is 1. The molecule has 3 aromatic heterocycles. The van der Waals surface area contributed by atoms with E-state index in [1.165, 1.54) is 25.2 Å². The first-order chi connectivity index (χ1) is 15.2. The van der Waals surface area contributed by atoms with Crippen LogP contribution in [-0.4, -0.2) is 75.4 Å². The number of hydrogen-bond acceptors (Lipinski definition) is 10. The standard InChI is InChI=1S/C16H21N8O7P/c17-14-13-15(21-6-20-14)24(7-22-13)12-2-10(25)11(31-12)4-30-32(28,29)23-9(16(26)27)1-8-3-18-5-19-8/h3,5-7,9-12,25H,1-2,4H2,(H,18,19)(H,26,27)(H2,17,20,21)(H2,23,28,29)/t9-,10+,11-,12-/m1/s1. The maximum absolute atomic E-state index is 12.4. The summed E-state index contributed by atoms with van der Waals surface area (Å²) in [5.41, 5.74) is 7.02. The molecule has 0 aromatic carbocycles. The van der Waals surface area contributed by atoms with Gasteiger partial charge in [0, 0.05) is 24.7 Å². The normalized spacial score (nSPS) is 23.9. The van der Waals surface area contributed by atoms with Gasteiger partial charge in [0.15, 0.2) is 11.5 Å². The van der Waals surface area contributed by atoms with Crippen LogP contribution >= 0.6 is 7.75 Å². The summed E-state index contributed by atoms with van der Waals surface area (Å²) in [5.74, 6) is -1.15. The van der Waals surface area contributed by atoms with Crippen LogP contribution in [0.25, 0.3) is 11.2 Å². The summed E-state index contributed by atoms with van der Waals surface area (Å²) in [4.78, 5) is 40.1. The van der Waals surface area contributed by atoms with Crippen molar-refractivity contribution in [2.45, 2.75) is 37.3 Å². The fraction of sp³-hybridized carbons (Fsp3) is 0.438. The Morgan fingerprint density at radius 3 is 3.00 bits per heavy atom. The Balaban J connectivity index is 1.38. The number of aliphatic hydroxyl groups excluding tert-OH is 1. The summed E-state index contributed by atoms with van der Waals surface area (Å²) < 4.78 is 24.7. The molecule has 4 heterocycles.